The van der Waals surface area contributed by atoms with Crippen molar-refractivity contribution in [2.45, 2.75) is 26.2 Å². The van der Waals surface area contributed by atoms with Gasteiger partial charge in [0.05, 0.1) is 0 Å². The number of amides is 1. The van der Waals surface area contributed by atoms with Crippen molar-refractivity contribution < 1.29 is 13.9 Å². The van der Waals surface area contributed by atoms with Crippen molar-refractivity contribution in [2.24, 2.45) is 10.9 Å². The van der Waals surface area contributed by atoms with Gasteiger partial charge in [0.25, 0.3) is 5.91 Å². The Morgan fingerprint density at radius 2 is 1.96 bits per heavy atom. The molecule has 1 aliphatic heterocycles. The van der Waals surface area contributed by atoms with Gasteiger partial charge in [-0.25, -0.2) is 4.39 Å². The van der Waals surface area contributed by atoms with Gasteiger partial charge in [0.2, 0.25) is 0 Å². The van der Waals surface area contributed by atoms with Gasteiger partial charge in [-0.05, 0) is 49.8 Å². The normalized spacial score (nSPS) is 14.9. The van der Waals surface area contributed by atoms with E-state index in [1.807, 2.05) is 7.05 Å². The third-order valence-corrected chi connectivity index (χ3v) is 4.91. The molecular weight excluding hydrogens is 474 g/mol. The molecule has 0 saturated carbocycles. The van der Waals surface area contributed by atoms with Crippen molar-refractivity contribution >= 4 is 35.8 Å². The third kappa shape index (κ3) is 7.90. The molecule has 0 bridgehead atoms. The topological polar surface area (TPSA) is 66.0 Å². The van der Waals surface area contributed by atoms with Gasteiger partial charge in [0.1, 0.15) is 5.82 Å². The summed E-state index contributed by atoms with van der Waals surface area (Å²) in [6, 6.07) is 4.50. The molecule has 0 aliphatic carbocycles. The molecule has 0 aromatic heterocycles. The Kier molecular flexibility index (Phi) is 11.4. The number of nitrogens with zero attached hydrogens (tertiary/aromatic N) is 2. The Balaban J connectivity index is 0.00000392. The minimum absolute atomic E-state index is 0. The summed E-state index contributed by atoms with van der Waals surface area (Å²) < 4.78 is 19.0. The number of aliphatic imine (C=N–C) groups is 1. The SMILES string of the molecule is CN=C(NCCNC(=O)c1ccc(C)c(F)c1)N(C)CCC1CCOCC1.I. The summed E-state index contributed by atoms with van der Waals surface area (Å²) >= 11 is 0. The number of hydrogen-bond donors (Lipinski definition) is 2. The molecule has 2 N–H and O–H groups in total. The number of aryl methyl sites for hydroxylation is 1. The van der Waals surface area contributed by atoms with E-state index in [-0.39, 0.29) is 35.7 Å². The number of carbonyl (C=O) groups is 1. The molecule has 1 aromatic carbocycles. The molecule has 0 unspecified atom stereocenters. The lowest BCUT2D eigenvalue weighted by Gasteiger charge is -2.26. The zero-order valence-corrected chi connectivity index (χ0v) is 19.3. The van der Waals surface area contributed by atoms with E-state index in [4.69, 9.17) is 4.74 Å². The zero-order chi connectivity index (χ0) is 19.6. The maximum atomic E-state index is 13.6. The van der Waals surface area contributed by atoms with Gasteiger partial charge in [-0.1, -0.05) is 6.07 Å². The summed E-state index contributed by atoms with van der Waals surface area (Å²) in [5, 5.41) is 6.04. The number of hydrogen-bond acceptors (Lipinski definition) is 3. The van der Waals surface area contributed by atoms with E-state index in [2.05, 4.69) is 20.5 Å². The third-order valence-electron chi connectivity index (χ3n) is 4.91. The molecule has 1 amide bonds. The van der Waals surface area contributed by atoms with Crippen molar-refractivity contribution in [1.29, 1.82) is 0 Å². The number of halogens is 2. The minimum Gasteiger partial charge on any atom is -0.381 e. The Morgan fingerprint density at radius 3 is 2.61 bits per heavy atom. The summed E-state index contributed by atoms with van der Waals surface area (Å²) in [4.78, 5) is 18.5. The van der Waals surface area contributed by atoms with Crippen LogP contribution in [0.4, 0.5) is 4.39 Å². The molecule has 0 radical (unpaired) electrons. The van der Waals surface area contributed by atoms with Crippen molar-refractivity contribution in [3.8, 4) is 0 Å². The highest BCUT2D eigenvalue weighted by molar-refractivity contribution is 14.0. The monoisotopic (exact) mass is 506 g/mol. The molecule has 158 valence electrons. The predicted octanol–water partition coefficient (Wildman–Crippen LogP) is 2.81. The van der Waals surface area contributed by atoms with Crippen molar-refractivity contribution in [3.63, 3.8) is 0 Å². The fourth-order valence-electron chi connectivity index (χ4n) is 3.09. The first kappa shape index (κ1) is 24.6. The van der Waals surface area contributed by atoms with E-state index in [0.717, 1.165) is 45.0 Å². The number of ether oxygens (including phenoxy) is 1. The minimum atomic E-state index is -0.368. The average Bonchev–Trinajstić information content (AvgIpc) is 2.69. The van der Waals surface area contributed by atoms with Gasteiger partial charge < -0.3 is 20.3 Å². The van der Waals surface area contributed by atoms with Crippen LogP contribution in [0.3, 0.4) is 0 Å². The van der Waals surface area contributed by atoms with E-state index < -0.39 is 0 Å². The molecule has 1 fully saturated rings. The molecule has 28 heavy (non-hydrogen) atoms. The van der Waals surface area contributed by atoms with Crippen molar-refractivity contribution in [1.82, 2.24) is 15.5 Å². The average molecular weight is 506 g/mol. The number of guanidine groups is 1. The van der Waals surface area contributed by atoms with Crippen LogP contribution in [0, 0.1) is 18.7 Å². The fourth-order valence-corrected chi connectivity index (χ4v) is 3.09. The highest BCUT2D eigenvalue weighted by Gasteiger charge is 2.15. The van der Waals surface area contributed by atoms with Crippen LogP contribution in [0.15, 0.2) is 23.2 Å². The molecular formula is C20H32FIN4O2. The number of nitrogens with one attached hydrogen (secondary N) is 2. The summed E-state index contributed by atoms with van der Waals surface area (Å²) in [5.74, 6) is 0.872. The lowest BCUT2D eigenvalue weighted by Crippen LogP contribution is -2.43. The van der Waals surface area contributed by atoms with Gasteiger partial charge in [0, 0.05) is 52.5 Å². The summed E-state index contributed by atoms with van der Waals surface area (Å²) in [5.41, 5.74) is 0.858. The van der Waals surface area contributed by atoms with Crippen LogP contribution in [-0.2, 0) is 4.74 Å². The lowest BCUT2D eigenvalue weighted by atomic mass is 9.96. The highest BCUT2D eigenvalue weighted by Crippen LogP contribution is 2.18. The zero-order valence-electron chi connectivity index (χ0n) is 17.0. The quantitative estimate of drug-likeness (QED) is 0.259. The molecule has 1 saturated heterocycles. The second-order valence-corrected chi connectivity index (χ2v) is 6.96. The summed E-state index contributed by atoms with van der Waals surface area (Å²) in [6.45, 7) is 5.32. The van der Waals surface area contributed by atoms with E-state index in [1.165, 1.54) is 6.07 Å². The number of rotatable bonds is 7. The van der Waals surface area contributed by atoms with Gasteiger partial charge in [-0.15, -0.1) is 24.0 Å². The molecule has 2 rings (SSSR count). The highest BCUT2D eigenvalue weighted by atomic mass is 127. The smallest absolute Gasteiger partial charge is 0.251 e. The largest absolute Gasteiger partial charge is 0.381 e. The first-order chi connectivity index (χ1) is 13.0. The molecule has 0 spiro atoms. The molecule has 8 heteroatoms. The molecule has 0 atom stereocenters. The second kappa shape index (κ2) is 12.9. The van der Waals surface area contributed by atoms with Crippen LogP contribution in [0.2, 0.25) is 0 Å². The van der Waals surface area contributed by atoms with E-state index in [9.17, 15) is 9.18 Å². The lowest BCUT2D eigenvalue weighted by molar-refractivity contribution is 0.0625. The molecule has 1 heterocycles. The van der Waals surface area contributed by atoms with Crippen LogP contribution in [0.25, 0.3) is 0 Å². The first-order valence-corrected chi connectivity index (χ1v) is 9.55. The van der Waals surface area contributed by atoms with Crippen molar-refractivity contribution in [2.75, 3.05) is 46.9 Å². The maximum Gasteiger partial charge on any atom is 0.251 e. The maximum absolute atomic E-state index is 13.6. The van der Waals surface area contributed by atoms with Crippen LogP contribution in [0.5, 0.6) is 0 Å². The van der Waals surface area contributed by atoms with Crippen LogP contribution < -0.4 is 10.6 Å². The summed E-state index contributed by atoms with van der Waals surface area (Å²) in [6.07, 6.45) is 3.38. The van der Waals surface area contributed by atoms with Gasteiger partial charge in [-0.3, -0.25) is 9.79 Å². The number of carbonyl (C=O) groups excluding carboxylic acids is 1. The number of benzene rings is 1. The van der Waals surface area contributed by atoms with Gasteiger partial charge in [0.15, 0.2) is 5.96 Å². The molecule has 1 aliphatic rings. The second-order valence-electron chi connectivity index (χ2n) is 6.96. The summed E-state index contributed by atoms with van der Waals surface area (Å²) in [7, 11) is 3.77. The van der Waals surface area contributed by atoms with Crippen LogP contribution >= 0.6 is 24.0 Å². The fraction of sp³-hybridized carbons (Fsp3) is 0.600. The van der Waals surface area contributed by atoms with E-state index in [1.54, 1.807) is 26.1 Å². The van der Waals surface area contributed by atoms with Gasteiger partial charge >= 0.3 is 0 Å². The first-order valence-electron chi connectivity index (χ1n) is 9.55. The van der Waals surface area contributed by atoms with Crippen molar-refractivity contribution in [3.05, 3.63) is 35.1 Å². The Hall–Kier alpha value is -1.42. The predicted molar refractivity (Wildman–Crippen MR) is 121 cm³/mol. The van der Waals surface area contributed by atoms with Crippen LogP contribution in [-0.4, -0.2) is 63.7 Å². The molecule has 6 nitrogen and oxygen atoms in total. The Morgan fingerprint density at radius 1 is 1.29 bits per heavy atom. The van der Waals surface area contributed by atoms with E-state index >= 15 is 0 Å². The standard InChI is InChI=1S/C20H31FN4O2.HI/c1-15-4-5-17(14-18(15)21)19(26)23-9-10-24-20(22-2)25(3)11-6-16-7-12-27-13-8-16;/h4-5,14,16H,6-13H2,1-3H3,(H,22,24)(H,23,26);1H. The van der Waals surface area contributed by atoms with E-state index in [0.29, 0.717) is 30.1 Å². The van der Waals surface area contributed by atoms with Gasteiger partial charge in [-0.2, -0.15) is 0 Å². The Labute approximate surface area is 184 Å². The van der Waals surface area contributed by atoms with Crippen LogP contribution in [0.1, 0.15) is 35.2 Å². The Bertz CT molecular complexity index is 651. The molecule has 1 aromatic rings.